The van der Waals surface area contributed by atoms with Crippen molar-refractivity contribution in [1.29, 1.82) is 0 Å². The van der Waals surface area contributed by atoms with Crippen molar-refractivity contribution in [2.45, 2.75) is 39.3 Å². The van der Waals surface area contributed by atoms with E-state index in [4.69, 9.17) is 0 Å². The number of nitrogens with one attached hydrogen (secondary N) is 3. The fourth-order valence-corrected chi connectivity index (χ4v) is 3.94. The number of halogens is 1. The number of hydrogen-bond acceptors (Lipinski definition) is 6. The lowest BCUT2D eigenvalue weighted by Gasteiger charge is -2.21. The van der Waals surface area contributed by atoms with Crippen LogP contribution in [0.3, 0.4) is 0 Å². The second-order valence-electron chi connectivity index (χ2n) is 8.10. The number of nitrogens with zero attached hydrogens (tertiary/aromatic N) is 3. The monoisotopic (exact) mass is 484 g/mol. The van der Waals surface area contributed by atoms with E-state index in [0.717, 1.165) is 28.3 Å². The second-order valence-corrected chi connectivity index (χ2v) is 8.10. The van der Waals surface area contributed by atoms with Crippen LogP contribution >= 0.6 is 0 Å². The van der Waals surface area contributed by atoms with Gasteiger partial charge in [-0.15, -0.1) is 0 Å². The van der Waals surface area contributed by atoms with Gasteiger partial charge in [0.25, 0.3) is 5.91 Å². The van der Waals surface area contributed by atoms with Gasteiger partial charge < -0.3 is 16.0 Å². The number of amides is 1. The first-order valence-electron chi connectivity index (χ1n) is 12.1. The highest BCUT2D eigenvalue weighted by Crippen LogP contribution is 2.30. The van der Waals surface area contributed by atoms with E-state index in [1.807, 2.05) is 56.3 Å². The van der Waals surface area contributed by atoms with Gasteiger partial charge in [-0.05, 0) is 66.9 Å². The summed E-state index contributed by atoms with van der Waals surface area (Å²) in [6.45, 7) is 4.00. The Morgan fingerprint density at radius 3 is 2.36 bits per heavy atom. The first-order valence-corrected chi connectivity index (χ1v) is 12.1. The van der Waals surface area contributed by atoms with Crippen molar-refractivity contribution in [1.82, 2.24) is 15.0 Å². The summed E-state index contributed by atoms with van der Waals surface area (Å²) in [6, 6.07) is 14.7. The van der Waals surface area contributed by atoms with Gasteiger partial charge in [-0.3, -0.25) is 19.7 Å². The zero-order chi connectivity index (χ0) is 25.3. The normalized spacial score (nSPS) is 14.0. The quantitative estimate of drug-likeness (QED) is 0.291. The number of carbonyl (C=O) groups is 1. The maximum Gasteiger partial charge on any atom is 0.257 e. The van der Waals surface area contributed by atoms with Crippen LogP contribution in [0.5, 0.6) is 0 Å². The third-order valence-electron chi connectivity index (χ3n) is 5.66. The largest absolute Gasteiger partial charge is 0.355 e. The Morgan fingerprint density at radius 2 is 1.58 bits per heavy atom. The first-order chi connectivity index (χ1) is 17.6. The standard InChI is InChI=1S/C26H23FN6O.C2H6/c27-18-1-6-24-23(14-18)25(9-12-30-24)32-22-13-17(15-29-16-22)26(34)33-20-4-2-19(3-5-20)31-21-7-10-28-11-8-21;1-2/h2-5,7-13,15-16,18H,1,6,14H2,(H,28,31)(H,30,32)(H,33,34);1-2H3. The minimum atomic E-state index is -0.862. The summed E-state index contributed by atoms with van der Waals surface area (Å²) >= 11 is 0. The van der Waals surface area contributed by atoms with E-state index in [0.29, 0.717) is 36.2 Å². The van der Waals surface area contributed by atoms with E-state index in [1.165, 1.54) is 6.20 Å². The molecule has 3 N–H and O–H groups in total. The van der Waals surface area contributed by atoms with Crippen molar-refractivity contribution in [3.63, 3.8) is 0 Å². The molecule has 3 heterocycles. The Hall–Kier alpha value is -4.33. The second kappa shape index (κ2) is 11.9. The molecule has 0 saturated heterocycles. The lowest BCUT2D eigenvalue weighted by atomic mass is 9.93. The zero-order valence-electron chi connectivity index (χ0n) is 20.3. The van der Waals surface area contributed by atoms with E-state index in [9.17, 15) is 9.18 Å². The molecule has 1 unspecified atom stereocenters. The van der Waals surface area contributed by atoms with Crippen LogP contribution in [0, 0.1) is 0 Å². The highest BCUT2D eigenvalue weighted by atomic mass is 19.1. The number of anilines is 5. The highest BCUT2D eigenvalue weighted by molar-refractivity contribution is 6.04. The molecule has 0 saturated carbocycles. The molecule has 1 amide bonds. The van der Waals surface area contributed by atoms with Crippen LogP contribution in [-0.4, -0.2) is 27.0 Å². The van der Waals surface area contributed by atoms with Crippen molar-refractivity contribution in [3.8, 4) is 0 Å². The van der Waals surface area contributed by atoms with E-state index >= 15 is 0 Å². The summed E-state index contributed by atoms with van der Waals surface area (Å²) in [5, 5.41) is 9.44. The van der Waals surface area contributed by atoms with Gasteiger partial charge in [0.15, 0.2) is 0 Å². The summed E-state index contributed by atoms with van der Waals surface area (Å²) in [5.74, 6) is -0.272. The molecule has 3 aromatic heterocycles. The average molecular weight is 485 g/mol. The SMILES string of the molecule is CC.O=C(Nc1ccc(Nc2ccncc2)cc1)c1cncc(Nc2ccnc3c2CC(F)CC3)c1. The fourth-order valence-electron chi connectivity index (χ4n) is 3.94. The summed E-state index contributed by atoms with van der Waals surface area (Å²) in [4.78, 5) is 25.4. The molecule has 36 heavy (non-hydrogen) atoms. The Balaban J connectivity index is 0.00000148. The Morgan fingerprint density at radius 1 is 0.861 bits per heavy atom. The zero-order valence-corrected chi connectivity index (χ0v) is 20.3. The molecule has 184 valence electrons. The fraction of sp³-hybridized carbons (Fsp3) is 0.214. The van der Waals surface area contributed by atoms with Crippen LogP contribution < -0.4 is 16.0 Å². The molecule has 0 radical (unpaired) electrons. The van der Waals surface area contributed by atoms with Crippen LogP contribution in [0.4, 0.5) is 32.8 Å². The van der Waals surface area contributed by atoms with Gasteiger partial charge in [-0.1, -0.05) is 13.8 Å². The van der Waals surface area contributed by atoms with Gasteiger partial charge in [0.2, 0.25) is 0 Å². The number of aromatic nitrogens is 3. The molecule has 4 aromatic rings. The van der Waals surface area contributed by atoms with Crippen molar-refractivity contribution in [2.75, 3.05) is 16.0 Å². The van der Waals surface area contributed by atoms with Crippen LogP contribution in [0.1, 0.15) is 41.9 Å². The van der Waals surface area contributed by atoms with Gasteiger partial charge in [0.1, 0.15) is 6.17 Å². The molecule has 0 fully saturated rings. The van der Waals surface area contributed by atoms with Gasteiger partial charge in [0, 0.05) is 59.7 Å². The Labute approximate surface area is 210 Å². The van der Waals surface area contributed by atoms with E-state index in [1.54, 1.807) is 30.9 Å². The molecule has 7 nitrogen and oxygen atoms in total. The molecule has 1 atom stereocenters. The molecule has 1 aliphatic carbocycles. The van der Waals surface area contributed by atoms with Gasteiger partial charge in [-0.2, -0.15) is 0 Å². The number of benzene rings is 1. The average Bonchev–Trinajstić information content (AvgIpc) is 2.92. The summed E-state index contributed by atoms with van der Waals surface area (Å²) < 4.78 is 14.0. The summed E-state index contributed by atoms with van der Waals surface area (Å²) in [6.07, 6.45) is 8.91. The molecule has 0 bridgehead atoms. The minimum absolute atomic E-state index is 0.272. The van der Waals surface area contributed by atoms with Crippen LogP contribution in [0.15, 0.2) is 79.5 Å². The molecular formula is C28H29FN6O. The number of pyridine rings is 3. The molecule has 1 aliphatic rings. The highest BCUT2D eigenvalue weighted by Gasteiger charge is 2.21. The van der Waals surface area contributed by atoms with Crippen LogP contribution in [0.2, 0.25) is 0 Å². The molecule has 1 aromatic carbocycles. The predicted molar refractivity (Wildman–Crippen MR) is 142 cm³/mol. The minimum Gasteiger partial charge on any atom is -0.355 e. The Kier molecular flexibility index (Phi) is 8.18. The topological polar surface area (TPSA) is 91.8 Å². The summed E-state index contributed by atoms with van der Waals surface area (Å²) in [7, 11) is 0. The van der Waals surface area contributed by atoms with Crippen molar-refractivity contribution in [2.24, 2.45) is 0 Å². The lowest BCUT2D eigenvalue weighted by molar-refractivity contribution is 0.102. The molecular weight excluding hydrogens is 455 g/mol. The van der Waals surface area contributed by atoms with Gasteiger partial charge in [-0.25, -0.2) is 4.39 Å². The lowest BCUT2D eigenvalue weighted by Crippen LogP contribution is -2.17. The molecule has 8 heteroatoms. The maximum absolute atomic E-state index is 14.0. The van der Waals surface area contributed by atoms with E-state index in [-0.39, 0.29) is 5.91 Å². The first kappa shape index (κ1) is 24.8. The summed E-state index contributed by atoms with van der Waals surface area (Å²) in [5.41, 5.74) is 6.16. The number of hydrogen-bond donors (Lipinski definition) is 3. The predicted octanol–water partition coefficient (Wildman–Crippen LogP) is 6.46. The molecule has 5 rings (SSSR count). The van der Waals surface area contributed by atoms with Crippen molar-refractivity contribution in [3.05, 3.63) is 96.3 Å². The van der Waals surface area contributed by atoms with Crippen LogP contribution in [0.25, 0.3) is 0 Å². The van der Waals surface area contributed by atoms with E-state index < -0.39 is 6.17 Å². The van der Waals surface area contributed by atoms with Crippen LogP contribution in [-0.2, 0) is 12.8 Å². The van der Waals surface area contributed by atoms with E-state index in [2.05, 4.69) is 30.9 Å². The van der Waals surface area contributed by atoms with Crippen molar-refractivity contribution < 1.29 is 9.18 Å². The number of fused-ring (bicyclic) bond motifs is 1. The number of carbonyl (C=O) groups excluding carboxylic acids is 1. The third-order valence-corrected chi connectivity index (χ3v) is 5.66. The smallest absolute Gasteiger partial charge is 0.257 e. The van der Waals surface area contributed by atoms with Gasteiger partial charge in [0.05, 0.1) is 17.4 Å². The van der Waals surface area contributed by atoms with Gasteiger partial charge >= 0.3 is 0 Å². The van der Waals surface area contributed by atoms with Crippen molar-refractivity contribution >= 4 is 34.3 Å². The number of rotatable bonds is 6. The number of aryl methyl sites for hydroxylation is 1. The maximum atomic E-state index is 14.0. The third kappa shape index (κ3) is 6.21. The molecule has 0 aliphatic heterocycles. The Bertz CT molecular complexity index is 1300. The molecule has 0 spiro atoms. The number of alkyl halides is 1.